The van der Waals surface area contributed by atoms with Crippen LogP contribution in [0, 0.1) is 5.82 Å². The fourth-order valence-corrected chi connectivity index (χ4v) is 4.14. The first kappa shape index (κ1) is 22.3. The van der Waals surface area contributed by atoms with Crippen molar-refractivity contribution in [2.45, 2.75) is 38.1 Å². The van der Waals surface area contributed by atoms with Crippen LogP contribution in [-0.4, -0.2) is 38.3 Å². The normalized spacial score (nSPS) is 16.2. The maximum Gasteiger partial charge on any atom is 0.401 e. The zero-order valence-electron chi connectivity index (χ0n) is 18.0. The van der Waals surface area contributed by atoms with E-state index in [1.54, 1.807) is 30.6 Å². The zero-order valence-corrected chi connectivity index (χ0v) is 18.0. The summed E-state index contributed by atoms with van der Waals surface area (Å²) >= 11 is 0. The van der Waals surface area contributed by atoms with Crippen LogP contribution in [-0.2, 0) is 17.9 Å². The number of aromatic nitrogens is 3. The highest BCUT2D eigenvalue weighted by Crippen LogP contribution is 2.36. The second kappa shape index (κ2) is 8.68. The van der Waals surface area contributed by atoms with E-state index >= 15 is 0 Å². The van der Waals surface area contributed by atoms with Crippen LogP contribution in [0.4, 0.5) is 23.2 Å². The minimum absolute atomic E-state index is 0.168. The molecule has 0 unspecified atom stereocenters. The number of nitrogens with one attached hydrogen (secondary N) is 1. The van der Waals surface area contributed by atoms with Crippen LogP contribution in [0.2, 0.25) is 0 Å². The number of hydrogen-bond acceptors (Lipinski definition) is 4. The van der Waals surface area contributed by atoms with Gasteiger partial charge in [0.15, 0.2) is 0 Å². The number of carbonyl (C=O) groups is 1. The zero-order chi connectivity index (χ0) is 23.9. The van der Waals surface area contributed by atoms with E-state index in [0.717, 1.165) is 30.2 Å². The highest BCUT2D eigenvalue weighted by molar-refractivity contribution is 6.02. The minimum Gasteiger partial charge on any atom is -0.323 e. The van der Waals surface area contributed by atoms with Crippen LogP contribution in [0.5, 0.6) is 0 Å². The molecular weight excluding hydrogens is 450 g/mol. The van der Waals surface area contributed by atoms with E-state index in [1.807, 2.05) is 4.68 Å². The fraction of sp³-hybridized carbons (Fsp3) is 0.292. The van der Waals surface area contributed by atoms with Gasteiger partial charge in [0.25, 0.3) is 0 Å². The van der Waals surface area contributed by atoms with Gasteiger partial charge >= 0.3 is 6.18 Å². The predicted octanol–water partition coefficient (Wildman–Crippen LogP) is 4.95. The minimum atomic E-state index is -4.26. The van der Waals surface area contributed by atoms with Crippen molar-refractivity contribution in [3.8, 4) is 11.1 Å². The van der Waals surface area contributed by atoms with Gasteiger partial charge in [0, 0.05) is 53.9 Å². The van der Waals surface area contributed by atoms with Gasteiger partial charge in [-0.1, -0.05) is 6.07 Å². The maximum absolute atomic E-state index is 14.6. The molecule has 1 N–H and O–H groups in total. The number of carbonyl (C=O) groups excluding carboxylic acids is 1. The molecular formula is C24H21F4N5O. The van der Waals surface area contributed by atoms with Crippen molar-refractivity contribution in [1.82, 2.24) is 19.7 Å². The second-order valence-corrected chi connectivity index (χ2v) is 8.59. The molecule has 10 heteroatoms. The fourth-order valence-electron chi connectivity index (χ4n) is 4.14. The molecule has 2 aliphatic rings. The third-order valence-corrected chi connectivity index (χ3v) is 5.82. The molecule has 0 bridgehead atoms. The highest BCUT2D eigenvalue weighted by atomic mass is 19.4. The Balaban J connectivity index is 1.28. The van der Waals surface area contributed by atoms with E-state index in [0.29, 0.717) is 28.4 Å². The van der Waals surface area contributed by atoms with Crippen LogP contribution < -0.4 is 5.32 Å². The number of benzene rings is 1. The molecule has 34 heavy (non-hydrogen) atoms. The molecule has 3 aromatic rings. The van der Waals surface area contributed by atoms with Gasteiger partial charge in [-0.05, 0) is 42.2 Å². The Kier molecular flexibility index (Phi) is 5.68. The summed E-state index contributed by atoms with van der Waals surface area (Å²) < 4.78 is 54.4. The van der Waals surface area contributed by atoms with Gasteiger partial charge < -0.3 is 5.32 Å². The molecule has 176 valence electrons. The van der Waals surface area contributed by atoms with Crippen molar-refractivity contribution in [3.63, 3.8) is 0 Å². The summed E-state index contributed by atoms with van der Waals surface area (Å²) in [5, 5.41) is 7.01. The number of alkyl halides is 3. The first-order chi connectivity index (χ1) is 16.2. The molecule has 1 aliphatic heterocycles. The largest absolute Gasteiger partial charge is 0.401 e. The van der Waals surface area contributed by atoms with Crippen molar-refractivity contribution in [2.75, 3.05) is 11.9 Å². The second-order valence-electron chi connectivity index (χ2n) is 8.59. The van der Waals surface area contributed by atoms with Crippen molar-refractivity contribution >= 4 is 17.7 Å². The molecule has 0 saturated heterocycles. The molecule has 1 aliphatic carbocycles. The van der Waals surface area contributed by atoms with Gasteiger partial charge in [0.05, 0.1) is 25.0 Å². The van der Waals surface area contributed by atoms with Crippen LogP contribution in [0.1, 0.15) is 35.6 Å². The van der Waals surface area contributed by atoms with E-state index in [2.05, 4.69) is 15.4 Å². The number of halogens is 4. The van der Waals surface area contributed by atoms with Crippen LogP contribution in [0.25, 0.3) is 17.2 Å². The molecule has 0 atom stereocenters. The number of pyridine rings is 1. The topological polar surface area (TPSA) is 63.1 Å². The summed E-state index contributed by atoms with van der Waals surface area (Å²) in [6.07, 6.45) is 6.58. The van der Waals surface area contributed by atoms with Gasteiger partial charge in [0.2, 0.25) is 5.91 Å². The summed E-state index contributed by atoms with van der Waals surface area (Å²) in [6, 6.07) is 5.41. The summed E-state index contributed by atoms with van der Waals surface area (Å²) in [5.74, 6) is -0.964. The van der Waals surface area contributed by atoms with Crippen molar-refractivity contribution in [3.05, 3.63) is 71.6 Å². The maximum atomic E-state index is 14.6. The van der Waals surface area contributed by atoms with Crippen molar-refractivity contribution < 1.29 is 22.4 Å². The Hall–Kier alpha value is -3.53. The molecule has 1 fully saturated rings. The Labute approximate surface area is 192 Å². The molecule has 0 radical (unpaired) electrons. The van der Waals surface area contributed by atoms with Crippen LogP contribution in [0.3, 0.4) is 0 Å². The molecule has 1 aromatic carbocycles. The van der Waals surface area contributed by atoms with Crippen LogP contribution >= 0.6 is 0 Å². The highest BCUT2D eigenvalue weighted by Gasteiger charge is 2.33. The molecule has 3 heterocycles. The van der Waals surface area contributed by atoms with E-state index in [9.17, 15) is 22.4 Å². The van der Waals surface area contributed by atoms with E-state index in [-0.39, 0.29) is 13.1 Å². The smallest absolute Gasteiger partial charge is 0.323 e. The molecule has 1 saturated carbocycles. The van der Waals surface area contributed by atoms with E-state index in [4.69, 9.17) is 0 Å². The lowest BCUT2D eigenvalue weighted by atomic mass is 10.0. The molecule has 1 amide bonds. The summed E-state index contributed by atoms with van der Waals surface area (Å²) in [4.78, 5) is 17.7. The quantitative estimate of drug-likeness (QED) is 0.408. The number of hydrogen-bond donors (Lipinski definition) is 1. The van der Waals surface area contributed by atoms with Gasteiger partial charge in [-0.3, -0.25) is 19.4 Å². The summed E-state index contributed by atoms with van der Waals surface area (Å²) in [6.45, 7) is -0.591. The first-order valence-corrected chi connectivity index (χ1v) is 10.8. The Morgan fingerprint density at radius 1 is 1.15 bits per heavy atom. The van der Waals surface area contributed by atoms with Gasteiger partial charge in [-0.25, -0.2) is 4.39 Å². The van der Waals surface area contributed by atoms with Gasteiger partial charge in [0.1, 0.15) is 5.82 Å². The standard InChI is InChI=1S/C24H21F4N5O/c25-21-10-29-8-15(23(21)18-9-30-33(13-18)20-4-5-20)2-6-22(34)31-19-3-1-16-11-32(12-17(16)7-19)14-24(26,27)28/h1-3,6-10,13,20H,4-5,11-12,14H2,(H,31,34). The SMILES string of the molecule is O=C(C=Cc1cncc(F)c1-c1cnn(C2CC2)c1)Nc1ccc2c(c1)CN(CC(F)(F)F)C2. The molecule has 6 nitrogen and oxygen atoms in total. The third-order valence-electron chi connectivity index (χ3n) is 5.82. The number of fused-ring (bicyclic) bond motifs is 1. The summed E-state index contributed by atoms with van der Waals surface area (Å²) in [5.41, 5.74) is 3.38. The van der Waals surface area contributed by atoms with Crippen molar-refractivity contribution in [2.24, 2.45) is 0 Å². The monoisotopic (exact) mass is 471 g/mol. The van der Waals surface area contributed by atoms with E-state index < -0.39 is 24.4 Å². The Morgan fingerprint density at radius 3 is 2.71 bits per heavy atom. The van der Waals surface area contributed by atoms with Crippen molar-refractivity contribution in [1.29, 1.82) is 0 Å². The van der Waals surface area contributed by atoms with Gasteiger partial charge in [-0.15, -0.1) is 0 Å². The molecule has 2 aromatic heterocycles. The average Bonchev–Trinajstić information content (AvgIpc) is 3.37. The number of anilines is 1. The predicted molar refractivity (Wildman–Crippen MR) is 118 cm³/mol. The number of nitrogens with zero attached hydrogens (tertiary/aromatic N) is 4. The number of rotatable bonds is 6. The van der Waals surface area contributed by atoms with Gasteiger partial charge in [-0.2, -0.15) is 18.3 Å². The lowest BCUT2D eigenvalue weighted by Crippen LogP contribution is -2.29. The van der Waals surface area contributed by atoms with Crippen LogP contribution in [0.15, 0.2) is 49.1 Å². The Morgan fingerprint density at radius 2 is 1.94 bits per heavy atom. The lowest BCUT2D eigenvalue weighted by Gasteiger charge is -2.16. The Bertz CT molecular complexity index is 1260. The lowest BCUT2D eigenvalue weighted by molar-refractivity contribution is -0.147. The third kappa shape index (κ3) is 5.01. The average molecular weight is 471 g/mol. The molecule has 0 spiro atoms. The van der Waals surface area contributed by atoms with E-state index in [1.165, 1.54) is 23.2 Å². The first-order valence-electron chi connectivity index (χ1n) is 10.8. The summed E-state index contributed by atoms with van der Waals surface area (Å²) in [7, 11) is 0. The number of amides is 1. The molecule has 5 rings (SSSR count).